The van der Waals surface area contributed by atoms with Crippen LogP contribution >= 0.6 is 0 Å². The average molecular weight is 475 g/mol. The summed E-state index contributed by atoms with van der Waals surface area (Å²) in [6.07, 6.45) is 2.15. The van der Waals surface area contributed by atoms with Gasteiger partial charge >= 0.3 is 0 Å². The Balaban J connectivity index is 1.39. The van der Waals surface area contributed by atoms with Gasteiger partial charge in [0.05, 0.1) is 19.8 Å². The molecule has 0 aliphatic carbocycles. The van der Waals surface area contributed by atoms with Gasteiger partial charge in [0.25, 0.3) is 11.4 Å². The van der Waals surface area contributed by atoms with Crippen LogP contribution in [0.5, 0.6) is 11.5 Å². The molecule has 0 radical (unpaired) electrons. The number of amides is 1. The van der Waals surface area contributed by atoms with Crippen LogP contribution in [0.25, 0.3) is 22.8 Å². The molecule has 0 aliphatic rings. The predicted octanol–water partition coefficient (Wildman–Crippen LogP) is 3.25. The second kappa shape index (κ2) is 10.7. The number of rotatable bonds is 9. The van der Waals surface area contributed by atoms with Crippen molar-refractivity contribution >= 4 is 5.91 Å². The zero-order chi connectivity index (χ0) is 24.8. The van der Waals surface area contributed by atoms with E-state index in [4.69, 9.17) is 14.0 Å². The molecule has 2 heterocycles. The first kappa shape index (κ1) is 23.7. The molecule has 0 atom stereocenters. The van der Waals surface area contributed by atoms with E-state index >= 15 is 0 Å². The second-order valence-corrected chi connectivity index (χ2v) is 7.97. The summed E-state index contributed by atoms with van der Waals surface area (Å²) < 4.78 is 17.3. The summed E-state index contributed by atoms with van der Waals surface area (Å²) in [6, 6.07) is 16.3. The van der Waals surface area contributed by atoms with E-state index in [9.17, 15) is 9.59 Å². The maximum atomic E-state index is 12.5. The van der Waals surface area contributed by atoms with Gasteiger partial charge in [-0.3, -0.25) is 9.59 Å². The molecule has 35 heavy (non-hydrogen) atoms. The monoisotopic (exact) mass is 474 g/mol. The van der Waals surface area contributed by atoms with Crippen LogP contribution in [0, 0.1) is 6.92 Å². The van der Waals surface area contributed by atoms with Gasteiger partial charge in [-0.2, -0.15) is 4.98 Å². The van der Waals surface area contributed by atoms with Crippen molar-refractivity contribution in [2.75, 3.05) is 20.8 Å². The van der Waals surface area contributed by atoms with Crippen LogP contribution in [0.4, 0.5) is 0 Å². The number of hydrogen-bond donors (Lipinski definition) is 1. The van der Waals surface area contributed by atoms with Crippen molar-refractivity contribution < 1.29 is 18.8 Å². The van der Waals surface area contributed by atoms with Gasteiger partial charge in [-0.15, -0.1) is 0 Å². The van der Waals surface area contributed by atoms with E-state index < -0.39 is 0 Å². The normalized spacial score (nSPS) is 10.7. The van der Waals surface area contributed by atoms with E-state index in [0.29, 0.717) is 35.9 Å². The minimum absolute atomic E-state index is 0.127. The molecule has 4 rings (SSSR count). The number of aromatic nitrogens is 3. The van der Waals surface area contributed by atoms with Crippen molar-refractivity contribution in [3.8, 4) is 34.3 Å². The van der Waals surface area contributed by atoms with Gasteiger partial charge in [-0.1, -0.05) is 35.0 Å². The summed E-state index contributed by atoms with van der Waals surface area (Å²) in [5, 5.41) is 6.88. The lowest BCUT2D eigenvalue weighted by Crippen LogP contribution is -2.33. The zero-order valence-corrected chi connectivity index (χ0v) is 19.8. The van der Waals surface area contributed by atoms with Crippen LogP contribution in [-0.2, 0) is 17.8 Å². The Kier molecular flexibility index (Phi) is 7.25. The number of carbonyl (C=O) groups is 1. The molecule has 2 aromatic carbocycles. The number of aryl methyl sites for hydroxylation is 1. The summed E-state index contributed by atoms with van der Waals surface area (Å²) in [5.41, 5.74) is 3.15. The lowest BCUT2D eigenvalue weighted by Gasteiger charge is -2.11. The van der Waals surface area contributed by atoms with Crippen LogP contribution < -0.4 is 20.3 Å². The first-order valence-corrected chi connectivity index (χ1v) is 11.1. The Hall–Kier alpha value is -4.40. The predicted molar refractivity (Wildman–Crippen MR) is 130 cm³/mol. The number of pyridine rings is 1. The molecule has 0 saturated heterocycles. The Morgan fingerprint density at radius 3 is 2.63 bits per heavy atom. The van der Waals surface area contributed by atoms with Crippen molar-refractivity contribution in [3.05, 3.63) is 82.3 Å². The quantitative estimate of drug-likeness (QED) is 0.397. The smallest absolute Gasteiger partial charge is 0.259 e. The third kappa shape index (κ3) is 5.75. The van der Waals surface area contributed by atoms with Gasteiger partial charge in [0, 0.05) is 24.4 Å². The average Bonchev–Trinajstić information content (AvgIpc) is 3.36. The summed E-state index contributed by atoms with van der Waals surface area (Å²) >= 11 is 0. The fraction of sp³-hybridized carbons (Fsp3) is 0.231. The maximum absolute atomic E-state index is 12.5. The van der Waals surface area contributed by atoms with Gasteiger partial charge < -0.3 is 23.9 Å². The third-order valence-corrected chi connectivity index (χ3v) is 5.43. The number of methoxy groups -OCH3 is 2. The van der Waals surface area contributed by atoms with Gasteiger partial charge in [0.1, 0.15) is 6.54 Å². The van der Waals surface area contributed by atoms with Crippen LogP contribution in [0.3, 0.4) is 0 Å². The van der Waals surface area contributed by atoms with Crippen molar-refractivity contribution in [3.63, 3.8) is 0 Å². The summed E-state index contributed by atoms with van der Waals surface area (Å²) in [6.45, 7) is 2.27. The molecule has 2 aromatic heterocycles. The third-order valence-electron chi connectivity index (χ3n) is 5.43. The molecule has 9 nitrogen and oxygen atoms in total. The summed E-state index contributed by atoms with van der Waals surface area (Å²) in [7, 11) is 3.16. The minimum Gasteiger partial charge on any atom is -0.493 e. The number of nitrogens with zero attached hydrogens (tertiary/aromatic N) is 3. The van der Waals surface area contributed by atoms with Crippen molar-refractivity contribution in [2.24, 2.45) is 0 Å². The number of benzene rings is 2. The Labute approximate surface area is 202 Å². The van der Waals surface area contributed by atoms with Gasteiger partial charge in [-0.25, -0.2) is 0 Å². The first-order valence-electron chi connectivity index (χ1n) is 11.1. The SMILES string of the molecule is COc1ccc(CCNC(=O)Cn2cc(-c3nc(-c4cccc(C)c4)no3)ccc2=O)cc1OC. The molecule has 0 bridgehead atoms. The molecule has 0 fully saturated rings. The molecule has 0 saturated carbocycles. The Bertz CT molecular complexity index is 1390. The highest BCUT2D eigenvalue weighted by molar-refractivity contribution is 5.75. The van der Waals surface area contributed by atoms with Gasteiger partial charge in [0.2, 0.25) is 11.7 Å². The molecule has 1 N–H and O–H groups in total. The number of carbonyl (C=O) groups excluding carboxylic acids is 1. The van der Waals surface area contributed by atoms with Crippen molar-refractivity contribution in [1.82, 2.24) is 20.0 Å². The minimum atomic E-state index is -0.304. The second-order valence-electron chi connectivity index (χ2n) is 7.97. The Morgan fingerprint density at radius 2 is 1.86 bits per heavy atom. The van der Waals surface area contributed by atoms with Crippen LogP contribution in [0.2, 0.25) is 0 Å². The standard InChI is InChI=1S/C26H26N4O5/c1-17-5-4-6-19(13-17)25-28-26(35-29-25)20-8-10-24(32)30(15-20)16-23(31)27-12-11-18-7-9-21(33-2)22(14-18)34-3/h4-10,13-15H,11-12,16H2,1-3H3,(H,27,31). The molecule has 0 unspecified atom stereocenters. The number of hydrogen-bond acceptors (Lipinski definition) is 7. The molecule has 4 aromatic rings. The highest BCUT2D eigenvalue weighted by Crippen LogP contribution is 2.27. The zero-order valence-electron chi connectivity index (χ0n) is 19.8. The summed E-state index contributed by atoms with van der Waals surface area (Å²) in [5.74, 6) is 1.72. The molecular weight excluding hydrogens is 448 g/mol. The van der Waals surface area contributed by atoms with Crippen molar-refractivity contribution in [1.29, 1.82) is 0 Å². The highest BCUT2D eigenvalue weighted by Gasteiger charge is 2.13. The highest BCUT2D eigenvalue weighted by atomic mass is 16.5. The Morgan fingerprint density at radius 1 is 1.03 bits per heavy atom. The van der Waals surface area contributed by atoms with E-state index in [0.717, 1.165) is 16.7 Å². The van der Waals surface area contributed by atoms with Gasteiger partial charge in [-0.05, 0) is 43.2 Å². The maximum Gasteiger partial charge on any atom is 0.259 e. The number of nitrogens with one attached hydrogen (secondary N) is 1. The molecular formula is C26H26N4O5. The molecule has 1 amide bonds. The topological polar surface area (TPSA) is 108 Å². The van der Waals surface area contributed by atoms with E-state index in [-0.39, 0.29) is 23.9 Å². The van der Waals surface area contributed by atoms with E-state index in [1.54, 1.807) is 26.5 Å². The lowest BCUT2D eigenvalue weighted by molar-refractivity contribution is -0.121. The van der Waals surface area contributed by atoms with Crippen LogP contribution in [0.1, 0.15) is 11.1 Å². The molecule has 0 spiro atoms. The molecule has 180 valence electrons. The van der Waals surface area contributed by atoms with E-state index in [2.05, 4.69) is 15.5 Å². The summed E-state index contributed by atoms with van der Waals surface area (Å²) in [4.78, 5) is 29.2. The van der Waals surface area contributed by atoms with Crippen molar-refractivity contribution in [2.45, 2.75) is 19.9 Å². The number of ether oxygens (including phenoxy) is 2. The fourth-order valence-electron chi connectivity index (χ4n) is 3.62. The van der Waals surface area contributed by atoms with E-state index in [1.807, 2.05) is 49.4 Å². The first-order chi connectivity index (χ1) is 17.0. The molecule has 9 heteroatoms. The largest absolute Gasteiger partial charge is 0.493 e. The van der Waals surface area contributed by atoms with Crippen LogP contribution in [-0.4, -0.2) is 41.4 Å². The van der Waals surface area contributed by atoms with Crippen LogP contribution in [0.15, 0.2) is 70.1 Å². The van der Waals surface area contributed by atoms with Gasteiger partial charge in [0.15, 0.2) is 11.5 Å². The fourth-order valence-corrected chi connectivity index (χ4v) is 3.62. The molecule has 0 aliphatic heterocycles. The lowest BCUT2D eigenvalue weighted by atomic mass is 10.1. The van der Waals surface area contributed by atoms with E-state index in [1.165, 1.54) is 10.6 Å².